The zero-order chi connectivity index (χ0) is 17.1. The van der Waals surface area contributed by atoms with Crippen molar-refractivity contribution in [1.29, 1.82) is 0 Å². The molecule has 1 saturated heterocycles. The Balaban J connectivity index is 1.96. The normalized spacial score (nSPS) is 20.9. The standard InChI is InChI=1S/C17H25N3O4/c1-11-9-24-10-14(21)20(11)8-13-7-12-5-4-6-18-16(12)19-15(13)17(22-2)23-3/h7,11,17H,4-6,8-10H2,1-3H3,(H,18,19)/t11-/m0/s1. The van der Waals surface area contributed by atoms with Crippen LogP contribution < -0.4 is 5.32 Å². The molecule has 0 bridgehead atoms. The lowest BCUT2D eigenvalue weighted by atomic mass is 10.0. The number of hydrogen-bond donors (Lipinski definition) is 1. The Morgan fingerprint density at radius 2 is 2.25 bits per heavy atom. The molecule has 132 valence electrons. The predicted octanol–water partition coefficient (Wildman–Crippen LogP) is 1.48. The van der Waals surface area contributed by atoms with E-state index in [1.807, 2.05) is 11.8 Å². The summed E-state index contributed by atoms with van der Waals surface area (Å²) in [5.41, 5.74) is 2.87. The highest BCUT2D eigenvalue weighted by atomic mass is 16.7. The van der Waals surface area contributed by atoms with Gasteiger partial charge in [0.05, 0.1) is 12.6 Å². The highest BCUT2D eigenvalue weighted by molar-refractivity contribution is 5.78. The number of aryl methyl sites for hydroxylation is 1. The summed E-state index contributed by atoms with van der Waals surface area (Å²) in [5, 5.41) is 3.33. The van der Waals surface area contributed by atoms with Gasteiger partial charge in [0.2, 0.25) is 12.2 Å². The number of nitrogens with zero attached hydrogens (tertiary/aromatic N) is 2. The van der Waals surface area contributed by atoms with Crippen LogP contribution >= 0.6 is 0 Å². The Kier molecular flexibility index (Phi) is 5.33. The van der Waals surface area contributed by atoms with Gasteiger partial charge in [-0.1, -0.05) is 0 Å². The Labute approximate surface area is 142 Å². The summed E-state index contributed by atoms with van der Waals surface area (Å²) in [4.78, 5) is 18.8. The number of morpholine rings is 1. The molecule has 0 unspecified atom stereocenters. The molecule has 0 radical (unpaired) electrons. The van der Waals surface area contributed by atoms with Crippen LogP contribution in [0.3, 0.4) is 0 Å². The van der Waals surface area contributed by atoms with E-state index in [4.69, 9.17) is 19.2 Å². The van der Waals surface area contributed by atoms with Crippen molar-refractivity contribution in [2.75, 3.05) is 39.3 Å². The van der Waals surface area contributed by atoms with E-state index < -0.39 is 6.29 Å². The number of amides is 1. The van der Waals surface area contributed by atoms with Gasteiger partial charge in [-0.15, -0.1) is 0 Å². The molecule has 3 rings (SSSR count). The molecule has 0 aromatic carbocycles. The lowest BCUT2D eigenvalue weighted by Gasteiger charge is -2.34. The van der Waals surface area contributed by atoms with Crippen LogP contribution in [0.4, 0.5) is 5.82 Å². The molecule has 1 aromatic heterocycles. The zero-order valence-corrected chi connectivity index (χ0v) is 14.5. The maximum Gasteiger partial charge on any atom is 0.249 e. The average Bonchev–Trinajstić information content (AvgIpc) is 2.59. The second-order valence-corrected chi connectivity index (χ2v) is 6.26. The highest BCUT2D eigenvalue weighted by Gasteiger charge is 2.28. The SMILES string of the molecule is COC(OC)c1nc2c(cc1CN1C(=O)COC[C@@H]1C)CCCN2. The molecule has 1 atom stereocenters. The molecule has 1 aromatic rings. The first-order valence-electron chi connectivity index (χ1n) is 8.33. The first-order valence-corrected chi connectivity index (χ1v) is 8.33. The Morgan fingerprint density at radius 3 is 2.96 bits per heavy atom. The fraction of sp³-hybridized carbons (Fsp3) is 0.647. The summed E-state index contributed by atoms with van der Waals surface area (Å²) >= 11 is 0. The van der Waals surface area contributed by atoms with Gasteiger partial charge in [0, 0.05) is 27.3 Å². The molecule has 0 aliphatic carbocycles. The molecule has 24 heavy (non-hydrogen) atoms. The van der Waals surface area contributed by atoms with Crippen molar-refractivity contribution in [3.05, 3.63) is 22.9 Å². The number of methoxy groups -OCH3 is 2. The number of nitrogens with one attached hydrogen (secondary N) is 1. The number of carbonyl (C=O) groups excluding carboxylic acids is 1. The van der Waals surface area contributed by atoms with E-state index in [-0.39, 0.29) is 18.6 Å². The van der Waals surface area contributed by atoms with Gasteiger partial charge in [0.15, 0.2) is 0 Å². The third-order valence-electron chi connectivity index (χ3n) is 4.56. The molecule has 2 aliphatic heterocycles. The van der Waals surface area contributed by atoms with Crippen molar-refractivity contribution in [2.24, 2.45) is 0 Å². The summed E-state index contributed by atoms with van der Waals surface area (Å²) in [6.07, 6.45) is 1.51. The molecular formula is C17H25N3O4. The predicted molar refractivity (Wildman–Crippen MR) is 88.6 cm³/mol. The van der Waals surface area contributed by atoms with Crippen molar-refractivity contribution < 1.29 is 19.0 Å². The summed E-state index contributed by atoms with van der Waals surface area (Å²) in [7, 11) is 3.18. The fourth-order valence-corrected chi connectivity index (χ4v) is 3.26. The second kappa shape index (κ2) is 7.46. The van der Waals surface area contributed by atoms with Crippen LogP contribution in [-0.2, 0) is 32.0 Å². The van der Waals surface area contributed by atoms with Gasteiger partial charge in [0.25, 0.3) is 0 Å². The highest BCUT2D eigenvalue weighted by Crippen LogP contribution is 2.29. The molecule has 3 heterocycles. The molecule has 0 spiro atoms. The Morgan fingerprint density at radius 1 is 1.46 bits per heavy atom. The van der Waals surface area contributed by atoms with Crippen LogP contribution in [0.25, 0.3) is 0 Å². The third-order valence-corrected chi connectivity index (χ3v) is 4.56. The maximum atomic E-state index is 12.2. The van der Waals surface area contributed by atoms with Gasteiger partial charge >= 0.3 is 0 Å². The van der Waals surface area contributed by atoms with Crippen molar-refractivity contribution in [3.63, 3.8) is 0 Å². The third kappa shape index (κ3) is 3.38. The van der Waals surface area contributed by atoms with E-state index in [9.17, 15) is 4.79 Å². The van der Waals surface area contributed by atoms with Crippen molar-refractivity contribution in [2.45, 2.75) is 38.6 Å². The summed E-state index contributed by atoms with van der Waals surface area (Å²) in [6, 6.07) is 2.17. The van der Waals surface area contributed by atoms with Gasteiger partial charge in [-0.05, 0) is 37.0 Å². The van der Waals surface area contributed by atoms with Gasteiger partial charge in [-0.25, -0.2) is 4.98 Å². The van der Waals surface area contributed by atoms with Crippen molar-refractivity contribution in [3.8, 4) is 0 Å². The van der Waals surface area contributed by atoms with Gasteiger partial charge in [-0.2, -0.15) is 0 Å². The number of anilines is 1. The number of ether oxygens (including phenoxy) is 3. The molecule has 7 nitrogen and oxygen atoms in total. The lowest BCUT2D eigenvalue weighted by molar-refractivity contribution is -0.148. The smallest absolute Gasteiger partial charge is 0.249 e. The van der Waals surface area contributed by atoms with Gasteiger partial charge in [0.1, 0.15) is 18.1 Å². The number of rotatable bonds is 5. The molecule has 1 amide bonds. The largest absolute Gasteiger partial charge is 0.370 e. The average molecular weight is 335 g/mol. The minimum atomic E-state index is -0.555. The number of hydrogen-bond acceptors (Lipinski definition) is 6. The maximum absolute atomic E-state index is 12.2. The van der Waals surface area contributed by atoms with Crippen molar-refractivity contribution >= 4 is 11.7 Å². The van der Waals surface area contributed by atoms with E-state index in [1.165, 1.54) is 5.56 Å². The van der Waals surface area contributed by atoms with Gasteiger partial charge < -0.3 is 24.4 Å². The number of carbonyl (C=O) groups is 1. The molecule has 1 N–H and O–H groups in total. The second-order valence-electron chi connectivity index (χ2n) is 6.26. The zero-order valence-electron chi connectivity index (χ0n) is 14.5. The fourth-order valence-electron chi connectivity index (χ4n) is 3.26. The first kappa shape index (κ1) is 17.1. The first-order chi connectivity index (χ1) is 11.6. The van der Waals surface area contributed by atoms with E-state index in [2.05, 4.69) is 11.4 Å². The number of pyridine rings is 1. The van der Waals surface area contributed by atoms with Crippen molar-refractivity contribution in [1.82, 2.24) is 9.88 Å². The van der Waals surface area contributed by atoms with Crippen LogP contribution in [0.1, 0.15) is 36.5 Å². The topological polar surface area (TPSA) is 72.9 Å². The molecule has 2 aliphatic rings. The van der Waals surface area contributed by atoms with Crippen LogP contribution in [0, 0.1) is 0 Å². The Hall–Kier alpha value is -1.70. The monoisotopic (exact) mass is 335 g/mol. The van der Waals surface area contributed by atoms with Crippen LogP contribution in [-0.4, -0.2) is 55.8 Å². The van der Waals surface area contributed by atoms with E-state index in [1.54, 1.807) is 14.2 Å². The molecule has 1 fully saturated rings. The van der Waals surface area contributed by atoms with Crippen LogP contribution in [0.2, 0.25) is 0 Å². The van der Waals surface area contributed by atoms with Crippen LogP contribution in [0.15, 0.2) is 6.07 Å². The lowest BCUT2D eigenvalue weighted by Crippen LogP contribution is -2.47. The van der Waals surface area contributed by atoms with Gasteiger partial charge in [-0.3, -0.25) is 4.79 Å². The van der Waals surface area contributed by atoms with E-state index >= 15 is 0 Å². The summed E-state index contributed by atoms with van der Waals surface area (Å²) < 4.78 is 16.1. The van der Waals surface area contributed by atoms with E-state index in [0.29, 0.717) is 13.2 Å². The Bertz CT molecular complexity index is 604. The summed E-state index contributed by atoms with van der Waals surface area (Å²) in [5.74, 6) is 0.891. The minimum absolute atomic E-state index is 0.00179. The number of aromatic nitrogens is 1. The molecule has 7 heteroatoms. The quantitative estimate of drug-likeness (QED) is 0.822. The molecule has 0 saturated carbocycles. The van der Waals surface area contributed by atoms with E-state index in [0.717, 1.165) is 36.5 Å². The molecular weight excluding hydrogens is 310 g/mol. The minimum Gasteiger partial charge on any atom is -0.370 e. The van der Waals surface area contributed by atoms with Crippen LogP contribution in [0.5, 0.6) is 0 Å². The summed E-state index contributed by atoms with van der Waals surface area (Å²) in [6.45, 7) is 4.09. The number of fused-ring (bicyclic) bond motifs is 1.